The van der Waals surface area contributed by atoms with Crippen molar-refractivity contribution >= 4 is 29.4 Å². The van der Waals surface area contributed by atoms with Gasteiger partial charge < -0.3 is 14.0 Å². The molecule has 5 rings (SSSR count). The van der Waals surface area contributed by atoms with Crippen molar-refractivity contribution in [3.63, 3.8) is 0 Å². The van der Waals surface area contributed by atoms with Gasteiger partial charge in [0.15, 0.2) is 5.65 Å². The lowest BCUT2D eigenvalue weighted by molar-refractivity contribution is 0.00578. The smallest absolute Gasteiger partial charge is 0.399 e. The molecule has 0 aromatic carbocycles. The highest BCUT2D eigenvalue weighted by Gasteiger charge is 2.52. The molecule has 4 heterocycles. The summed E-state index contributed by atoms with van der Waals surface area (Å²) in [4.78, 5) is 18.4. The summed E-state index contributed by atoms with van der Waals surface area (Å²) in [5.41, 5.74) is 2.69. The zero-order valence-corrected chi connectivity index (χ0v) is 19.7. The zero-order valence-electron chi connectivity index (χ0n) is 19.7. The van der Waals surface area contributed by atoms with Gasteiger partial charge in [0.1, 0.15) is 0 Å². The molecule has 2 fully saturated rings. The van der Waals surface area contributed by atoms with Crippen molar-refractivity contribution < 1.29 is 14.0 Å². The largest absolute Gasteiger partial charge is 0.496 e. The van der Waals surface area contributed by atoms with Crippen LogP contribution in [0.1, 0.15) is 66.2 Å². The van der Waals surface area contributed by atoms with Crippen LogP contribution in [0.4, 0.5) is 0 Å². The molecule has 7 nitrogen and oxygen atoms in total. The summed E-state index contributed by atoms with van der Waals surface area (Å²) in [7, 11) is -0.499. The fourth-order valence-electron chi connectivity index (χ4n) is 4.90. The van der Waals surface area contributed by atoms with Crippen molar-refractivity contribution in [2.75, 3.05) is 13.2 Å². The third-order valence-electron chi connectivity index (χ3n) is 7.65. The van der Waals surface area contributed by atoms with Gasteiger partial charge in [-0.1, -0.05) is 6.08 Å². The van der Waals surface area contributed by atoms with Gasteiger partial charge in [-0.05, 0) is 78.2 Å². The van der Waals surface area contributed by atoms with Crippen molar-refractivity contribution in [1.29, 1.82) is 0 Å². The normalized spacial score (nSPS) is 23.6. The molecule has 2 saturated heterocycles. The van der Waals surface area contributed by atoms with Crippen molar-refractivity contribution in [3.05, 3.63) is 28.8 Å². The van der Waals surface area contributed by atoms with Crippen LogP contribution in [0.5, 0.6) is 0 Å². The highest BCUT2D eigenvalue weighted by molar-refractivity contribution is 6.62. The molecule has 8 heteroatoms. The molecule has 0 unspecified atom stereocenters. The Kier molecular flexibility index (Phi) is 5.59. The Morgan fingerprint density at radius 3 is 2.50 bits per heavy atom. The maximum Gasteiger partial charge on any atom is 0.496 e. The highest BCUT2D eigenvalue weighted by atomic mass is 16.7. The molecular formula is C24H34BN3O4. The van der Waals surface area contributed by atoms with E-state index in [9.17, 15) is 4.79 Å². The Bertz CT molecular complexity index is 1080. The maximum atomic E-state index is 13.7. The van der Waals surface area contributed by atoms with Crippen LogP contribution in [0.25, 0.3) is 16.9 Å². The van der Waals surface area contributed by atoms with Crippen molar-refractivity contribution in [2.24, 2.45) is 5.92 Å². The van der Waals surface area contributed by atoms with Gasteiger partial charge >= 0.3 is 12.8 Å². The minimum Gasteiger partial charge on any atom is -0.399 e. The van der Waals surface area contributed by atoms with Crippen molar-refractivity contribution in [1.82, 2.24) is 14.1 Å². The third kappa shape index (κ3) is 3.76. The van der Waals surface area contributed by atoms with Crippen molar-refractivity contribution in [3.8, 4) is 0 Å². The van der Waals surface area contributed by atoms with Gasteiger partial charge in [-0.3, -0.25) is 4.57 Å². The minimum absolute atomic E-state index is 0.0122. The quantitative estimate of drug-likeness (QED) is 0.684. The van der Waals surface area contributed by atoms with Crippen LogP contribution < -0.4 is 11.2 Å². The Hall–Kier alpha value is -1.90. The van der Waals surface area contributed by atoms with E-state index in [1.54, 1.807) is 0 Å². The summed E-state index contributed by atoms with van der Waals surface area (Å²) in [5, 5.41) is 0. The van der Waals surface area contributed by atoms with Crippen LogP contribution in [-0.4, -0.2) is 45.7 Å². The Labute approximate surface area is 189 Å². The van der Waals surface area contributed by atoms with E-state index in [1.165, 1.54) is 6.42 Å². The molecule has 32 heavy (non-hydrogen) atoms. The molecule has 0 saturated carbocycles. The number of imidazole rings is 1. The van der Waals surface area contributed by atoms with Gasteiger partial charge in [0.25, 0.3) is 0 Å². The van der Waals surface area contributed by atoms with Crippen LogP contribution >= 0.6 is 0 Å². The number of hydrogen-bond donors (Lipinski definition) is 0. The van der Waals surface area contributed by atoms with E-state index >= 15 is 0 Å². The second-order valence-corrected chi connectivity index (χ2v) is 10.4. The van der Waals surface area contributed by atoms with Crippen LogP contribution in [-0.2, 0) is 20.6 Å². The predicted molar refractivity (Wildman–Crippen MR) is 126 cm³/mol. The van der Waals surface area contributed by atoms with E-state index in [1.807, 2.05) is 49.1 Å². The number of nitrogens with zero attached hydrogens (tertiary/aromatic N) is 3. The average molecular weight is 439 g/mol. The van der Waals surface area contributed by atoms with Gasteiger partial charge in [0.2, 0.25) is 0 Å². The van der Waals surface area contributed by atoms with Gasteiger partial charge in [0, 0.05) is 37.1 Å². The Balaban J connectivity index is 1.59. The molecule has 3 aliphatic rings. The van der Waals surface area contributed by atoms with Gasteiger partial charge in [-0.2, -0.15) is 0 Å². The topological polar surface area (TPSA) is 67.5 Å². The second kappa shape index (κ2) is 8.15. The molecule has 0 bridgehead atoms. The summed E-state index contributed by atoms with van der Waals surface area (Å²) in [6, 6.07) is 2.05. The Morgan fingerprint density at radius 1 is 1.12 bits per heavy atom. The van der Waals surface area contributed by atoms with E-state index in [2.05, 4.69) is 6.08 Å². The summed E-state index contributed by atoms with van der Waals surface area (Å²) in [6.45, 7) is 10.4. The van der Waals surface area contributed by atoms with Crippen LogP contribution in [0, 0.1) is 5.92 Å². The first kappa shape index (κ1) is 21.9. The fourth-order valence-corrected chi connectivity index (χ4v) is 4.90. The van der Waals surface area contributed by atoms with Gasteiger partial charge in [-0.25, -0.2) is 14.3 Å². The number of allylic oxidation sites excluding steroid dienone is 2. The van der Waals surface area contributed by atoms with E-state index in [-0.39, 0.29) is 5.69 Å². The molecule has 0 amide bonds. The summed E-state index contributed by atoms with van der Waals surface area (Å²) in [5.74, 6) is 0.432. The molecule has 172 valence electrons. The first-order chi connectivity index (χ1) is 15.3. The molecule has 0 radical (unpaired) electrons. The van der Waals surface area contributed by atoms with Crippen LogP contribution in [0.2, 0.25) is 0 Å². The van der Waals surface area contributed by atoms with Gasteiger partial charge in [-0.15, -0.1) is 0 Å². The Morgan fingerprint density at radius 2 is 1.84 bits per heavy atom. The summed E-state index contributed by atoms with van der Waals surface area (Å²) < 4.78 is 21.8. The number of fused-ring (bicyclic) bond motifs is 1. The SMILES string of the molecule is CC1(C)OB(c2cnc3c(c2)n(CC2CCOCC2)c(=O)n3C2=CCCCC2)OC1(C)C. The minimum atomic E-state index is -0.499. The summed E-state index contributed by atoms with van der Waals surface area (Å²) in [6.07, 6.45) is 10.2. The lowest BCUT2D eigenvalue weighted by Crippen LogP contribution is -2.41. The third-order valence-corrected chi connectivity index (χ3v) is 7.65. The lowest BCUT2D eigenvalue weighted by Gasteiger charge is -2.32. The molecule has 1 aliphatic carbocycles. The number of pyridine rings is 1. The molecule has 2 aromatic rings. The molecule has 2 aliphatic heterocycles. The average Bonchev–Trinajstić information content (AvgIpc) is 3.17. The monoisotopic (exact) mass is 439 g/mol. The molecule has 0 atom stereocenters. The molecule has 2 aromatic heterocycles. The number of rotatable bonds is 4. The second-order valence-electron chi connectivity index (χ2n) is 10.4. The van der Waals surface area contributed by atoms with E-state index in [0.29, 0.717) is 12.5 Å². The zero-order chi connectivity index (χ0) is 22.5. The first-order valence-corrected chi connectivity index (χ1v) is 12.0. The molecule has 0 spiro atoms. The number of ether oxygens (including phenoxy) is 1. The molecular weight excluding hydrogens is 405 g/mol. The van der Waals surface area contributed by atoms with Crippen LogP contribution in [0.3, 0.4) is 0 Å². The standard InChI is InChI=1S/C24H34BN3O4/c1-23(2)24(3,4)32-25(31-23)18-14-20-21(26-15-18)28(19-8-6-5-7-9-19)22(29)27(20)16-17-10-12-30-13-11-17/h8,14-15,17H,5-7,9-13,16H2,1-4H3. The lowest BCUT2D eigenvalue weighted by atomic mass is 9.80. The van der Waals surface area contributed by atoms with E-state index in [4.69, 9.17) is 19.0 Å². The van der Waals surface area contributed by atoms with E-state index < -0.39 is 18.3 Å². The number of aromatic nitrogens is 3. The van der Waals surface area contributed by atoms with Crippen molar-refractivity contribution in [2.45, 2.75) is 84.0 Å². The van der Waals surface area contributed by atoms with Crippen LogP contribution in [0.15, 0.2) is 23.1 Å². The number of hydrogen-bond acceptors (Lipinski definition) is 5. The highest BCUT2D eigenvalue weighted by Crippen LogP contribution is 2.36. The van der Waals surface area contributed by atoms with E-state index in [0.717, 1.165) is 67.6 Å². The van der Waals surface area contributed by atoms with Gasteiger partial charge in [0.05, 0.1) is 16.7 Å². The maximum absolute atomic E-state index is 13.7. The molecule has 0 N–H and O–H groups in total. The summed E-state index contributed by atoms with van der Waals surface area (Å²) >= 11 is 0. The fraction of sp³-hybridized carbons (Fsp3) is 0.667. The first-order valence-electron chi connectivity index (χ1n) is 12.0. The predicted octanol–water partition coefficient (Wildman–Crippen LogP) is 3.34.